The van der Waals surface area contributed by atoms with Gasteiger partial charge in [0.05, 0.1) is 0 Å². The second-order valence-electron chi connectivity index (χ2n) is 3.34. The first-order chi connectivity index (χ1) is 5.11. The highest BCUT2D eigenvalue weighted by molar-refractivity contribution is 4.97. The largest absolute Gasteiger partial charge is 0.386 e. The summed E-state index contributed by atoms with van der Waals surface area (Å²) in [6, 6.07) is 0.517. The van der Waals surface area contributed by atoms with E-state index in [-0.39, 0.29) is 0 Å². The molecular formula is C10H21N. The molecule has 0 fully saturated rings. The van der Waals surface area contributed by atoms with Crippen molar-refractivity contribution in [2.24, 2.45) is 5.92 Å². The van der Waals surface area contributed by atoms with Gasteiger partial charge in [-0.05, 0) is 32.6 Å². The van der Waals surface area contributed by atoms with Gasteiger partial charge in [-0.15, -0.1) is 0 Å². The van der Waals surface area contributed by atoms with Crippen molar-refractivity contribution in [3.05, 3.63) is 12.3 Å². The Kier molecular flexibility index (Phi) is 5.01. The Morgan fingerprint density at radius 1 is 1.27 bits per heavy atom. The molecule has 0 rings (SSSR count). The lowest BCUT2D eigenvalue weighted by molar-refractivity contribution is 0.504. The lowest BCUT2D eigenvalue weighted by atomic mass is 10.00. The predicted molar refractivity (Wildman–Crippen MR) is 51.5 cm³/mol. The van der Waals surface area contributed by atoms with Crippen molar-refractivity contribution in [1.82, 2.24) is 5.32 Å². The van der Waals surface area contributed by atoms with Gasteiger partial charge >= 0.3 is 0 Å². The zero-order chi connectivity index (χ0) is 8.85. The van der Waals surface area contributed by atoms with E-state index in [2.05, 4.69) is 39.6 Å². The molecule has 1 N–H and O–H groups in total. The molecule has 0 aliphatic heterocycles. The standard InChI is InChI=1S/C10H21N/c1-6-10(7-2)9(5)11-8(3)4/h8,10-11H,5-7H2,1-4H3. The summed E-state index contributed by atoms with van der Waals surface area (Å²) in [7, 11) is 0. The van der Waals surface area contributed by atoms with Gasteiger partial charge in [-0.2, -0.15) is 0 Å². The Morgan fingerprint density at radius 3 is 2.00 bits per heavy atom. The van der Waals surface area contributed by atoms with E-state index >= 15 is 0 Å². The third-order valence-electron chi connectivity index (χ3n) is 1.95. The van der Waals surface area contributed by atoms with Gasteiger partial charge in [-0.1, -0.05) is 20.4 Å². The minimum Gasteiger partial charge on any atom is -0.386 e. The number of rotatable bonds is 5. The summed E-state index contributed by atoms with van der Waals surface area (Å²) < 4.78 is 0. The molecule has 11 heavy (non-hydrogen) atoms. The molecule has 0 spiro atoms. The van der Waals surface area contributed by atoms with Crippen molar-refractivity contribution < 1.29 is 0 Å². The zero-order valence-electron chi connectivity index (χ0n) is 8.28. The van der Waals surface area contributed by atoms with Crippen LogP contribution in [0.2, 0.25) is 0 Å². The Labute approximate surface area is 70.9 Å². The second-order valence-corrected chi connectivity index (χ2v) is 3.34. The summed E-state index contributed by atoms with van der Waals surface area (Å²) in [6.07, 6.45) is 2.38. The molecule has 0 saturated heterocycles. The summed E-state index contributed by atoms with van der Waals surface area (Å²) in [4.78, 5) is 0. The molecule has 0 bridgehead atoms. The lowest BCUT2D eigenvalue weighted by Gasteiger charge is -2.19. The van der Waals surface area contributed by atoms with Gasteiger partial charge in [0.1, 0.15) is 0 Å². The van der Waals surface area contributed by atoms with E-state index in [4.69, 9.17) is 0 Å². The summed E-state index contributed by atoms with van der Waals surface area (Å²) in [5.74, 6) is 0.650. The van der Waals surface area contributed by atoms with Gasteiger partial charge in [-0.3, -0.25) is 0 Å². The minimum absolute atomic E-state index is 0.517. The van der Waals surface area contributed by atoms with Crippen LogP contribution in [0.4, 0.5) is 0 Å². The predicted octanol–water partition coefficient (Wildman–Crippen LogP) is 2.93. The van der Waals surface area contributed by atoms with Crippen molar-refractivity contribution in [3.8, 4) is 0 Å². The van der Waals surface area contributed by atoms with Crippen LogP contribution in [-0.4, -0.2) is 6.04 Å². The molecule has 0 aromatic heterocycles. The Hall–Kier alpha value is -0.460. The molecule has 0 amide bonds. The van der Waals surface area contributed by atoms with E-state index in [1.165, 1.54) is 18.5 Å². The average Bonchev–Trinajstić information content (AvgIpc) is 1.88. The molecule has 0 aliphatic rings. The molecule has 0 radical (unpaired) electrons. The molecule has 0 heterocycles. The molecule has 0 aromatic rings. The number of nitrogens with one attached hydrogen (secondary N) is 1. The van der Waals surface area contributed by atoms with Crippen molar-refractivity contribution in [1.29, 1.82) is 0 Å². The van der Waals surface area contributed by atoms with Crippen LogP contribution in [0.5, 0.6) is 0 Å². The SMILES string of the molecule is C=C(NC(C)C)C(CC)CC. The lowest BCUT2D eigenvalue weighted by Crippen LogP contribution is -2.25. The van der Waals surface area contributed by atoms with E-state index in [1.807, 2.05) is 0 Å². The number of hydrogen-bond acceptors (Lipinski definition) is 1. The fraction of sp³-hybridized carbons (Fsp3) is 0.800. The molecule has 0 unspecified atom stereocenters. The van der Waals surface area contributed by atoms with Crippen LogP contribution in [-0.2, 0) is 0 Å². The van der Waals surface area contributed by atoms with Crippen LogP contribution in [0.15, 0.2) is 12.3 Å². The highest BCUT2D eigenvalue weighted by atomic mass is 14.9. The van der Waals surface area contributed by atoms with Crippen LogP contribution >= 0.6 is 0 Å². The molecular weight excluding hydrogens is 134 g/mol. The van der Waals surface area contributed by atoms with Gasteiger partial charge in [0, 0.05) is 11.7 Å². The molecule has 0 aromatic carbocycles. The van der Waals surface area contributed by atoms with Gasteiger partial charge in [0.25, 0.3) is 0 Å². The van der Waals surface area contributed by atoms with Gasteiger partial charge in [0.2, 0.25) is 0 Å². The summed E-state index contributed by atoms with van der Waals surface area (Å²) in [6.45, 7) is 12.7. The van der Waals surface area contributed by atoms with Crippen LogP contribution in [0, 0.1) is 5.92 Å². The molecule has 1 heteroatoms. The molecule has 0 saturated carbocycles. The summed E-state index contributed by atoms with van der Waals surface area (Å²) >= 11 is 0. The van der Waals surface area contributed by atoms with Crippen LogP contribution in [0.25, 0.3) is 0 Å². The molecule has 0 atom stereocenters. The summed E-state index contributed by atoms with van der Waals surface area (Å²) in [5.41, 5.74) is 1.20. The highest BCUT2D eigenvalue weighted by Crippen LogP contribution is 2.14. The smallest absolute Gasteiger partial charge is 0.0201 e. The second kappa shape index (κ2) is 5.22. The van der Waals surface area contributed by atoms with Gasteiger partial charge in [-0.25, -0.2) is 0 Å². The molecule has 0 aliphatic carbocycles. The first kappa shape index (κ1) is 10.5. The quantitative estimate of drug-likeness (QED) is 0.643. The average molecular weight is 155 g/mol. The van der Waals surface area contributed by atoms with E-state index in [9.17, 15) is 0 Å². The maximum Gasteiger partial charge on any atom is 0.0201 e. The Morgan fingerprint density at radius 2 is 1.73 bits per heavy atom. The number of allylic oxidation sites excluding steroid dienone is 1. The van der Waals surface area contributed by atoms with E-state index < -0.39 is 0 Å². The van der Waals surface area contributed by atoms with Crippen molar-refractivity contribution in [3.63, 3.8) is 0 Å². The van der Waals surface area contributed by atoms with E-state index in [0.29, 0.717) is 12.0 Å². The maximum absolute atomic E-state index is 4.03. The maximum atomic E-state index is 4.03. The normalized spacial score (nSPS) is 10.7. The van der Waals surface area contributed by atoms with E-state index in [0.717, 1.165) is 0 Å². The zero-order valence-corrected chi connectivity index (χ0v) is 8.28. The van der Waals surface area contributed by atoms with Crippen LogP contribution in [0.1, 0.15) is 40.5 Å². The first-order valence-corrected chi connectivity index (χ1v) is 4.57. The van der Waals surface area contributed by atoms with Gasteiger partial charge < -0.3 is 5.32 Å². The van der Waals surface area contributed by atoms with Crippen molar-refractivity contribution in [2.45, 2.75) is 46.6 Å². The fourth-order valence-electron chi connectivity index (χ4n) is 1.27. The number of hydrogen-bond donors (Lipinski definition) is 1. The van der Waals surface area contributed by atoms with Crippen LogP contribution in [0.3, 0.4) is 0 Å². The topological polar surface area (TPSA) is 12.0 Å². The van der Waals surface area contributed by atoms with Crippen molar-refractivity contribution in [2.75, 3.05) is 0 Å². The Balaban J connectivity index is 3.79. The monoisotopic (exact) mass is 155 g/mol. The molecule has 1 nitrogen and oxygen atoms in total. The first-order valence-electron chi connectivity index (χ1n) is 4.57. The van der Waals surface area contributed by atoms with Crippen molar-refractivity contribution >= 4 is 0 Å². The fourth-order valence-corrected chi connectivity index (χ4v) is 1.27. The van der Waals surface area contributed by atoms with Crippen LogP contribution < -0.4 is 5.32 Å². The van der Waals surface area contributed by atoms with E-state index in [1.54, 1.807) is 0 Å². The van der Waals surface area contributed by atoms with Gasteiger partial charge in [0.15, 0.2) is 0 Å². The Bertz CT molecular complexity index is 112. The highest BCUT2D eigenvalue weighted by Gasteiger charge is 2.07. The third kappa shape index (κ3) is 4.07. The third-order valence-corrected chi connectivity index (χ3v) is 1.95. The summed E-state index contributed by atoms with van der Waals surface area (Å²) in [5, 5.41) is 3.35. The minimum atomic E-state index is 0.517. The molecule has 66 valence electrons.